The number of hydrogen-bond acceptors (Lipinski definition) is 6. The fourth-order valence-corrected chi connectivity index (χ4v) is 2.52. The van der Waals surface area contributed by atoms with E-state index in [1.54, 1.807) is 6.20 Å². The number of anilines is 1. The van der Waals surface area contributed by atoms with Crippen molar-refractivity contribution in [2.75, 3.05) is 19.1 Å². The molecule has 0 saturated carbocycles. The maximum absolute atomic E-state index is 11.5. The predicted molar refractivity (Wildman–Crippen MR) is 74.5 cm³/mol. The van der Waals surface area contributed by atoms with E-state index in [1.807, 2.05) is 37.2 Å². The summed E-state index contributed by atoms with van der Waals surface area (Å²) < 4.78 is 4.71. The number of aryl methyl sites for hydroxylation is 1. The summed E-state index contributed by atoms with van der Waals surface area (Å²) >= 11 is 1.48. The molecule has 0 saturated heterocycles. The van der Waals surface area contributed by atoms with E-state index in [-0.39, 0.29) is 0 Å². The molecule has 0 unspecified atom stereocenters. The largest absolute Gasteiger partial charge is 0.464 e. The Morgan fingerprint density at radius 2 is 2.32 bits per heavy atom. The quantitative estimate of drug-likeness (QED) is 0.802. The average Bonchev–Trinajstić information content (AvgIpc) is 2.81. The molecule has 0 aromatic carbocycles. The number of thiazole rings is 1. The first-order valence-corrected chi connectivity index (χ1v) is 6.59. The number of pyridine rings is 1. The smallest absolute Gasteiger partial charge is 0.357 e. The van der Waals surface area contributed by atoms with Gasteiger partial charge in [0.15, 0.2) is 10.8 Å². The highest BCUT2D eigenvalue weighted by Gasteiger charge is 2.17. The Morgan fingerprint density at radius 3 is 2.95 bits per heavy atom. The van der Waals surface area contributed by atoms with Gasteiger partial charge in [-0.15, -0.1) is 11.3 Å². The Balaban J connectivity index is 2.16. The molecule has 0 aliphatic heterocycles. The molecule has 0 aliphatic rings. The standard InChI is InChI=1S/C13H15N3O2S/c1-9-11(12(17)18-3)15-13(19-9)16(2)8-10-5-4-6-14-7-10/h4-7H,8H2,1-3H3. The van der Waals surface area contributed by atoms with E-state index in [1.165, 1.54) is 18.4 Å². The zero-order chi connectivity index (χ0) is 13.8. The zero-order valence-corrected chi connectivity index (χ0v) is 11.9. The topological polar surface area (TPSA) is 55.3 Å². The van der Waals surface area contributed by atoms with E-state index < -0.39 is 5.97 Å². The molecular formula is C13H15N3O2S. The SMILES string of the molecule is COC(=O)c1nc(N(C)Cc2cccnc2)sc1C. The number of carbonyl (C=O) groups excluding carboxylic acids is 1. The predicted octanol–water partition coefficient (Wildman–Crippen LogP) is 2.27. The highest BCUT2D eigenvalue weighted by Crippen LogP contribution is 2.26. The van der Waals surface area contributed by atoms with Crippen molar-refractivity contribution >= 4 is 22.4 Å². The van der Waals surface area contributed by atoms with Crippen LogP contribution in [0.4, 0.5) is 5.13 Å². The van der Waals surface area contributed by atoms with Gasteiger partial charge in [0, 0.05) is 30.9 Å². The van der Waals surface area contributed by atoms with Crippen LogP contribution in [0.25, 0.3) is 0 Å². The van der Waals surface area contributed by atoms with E-state index in [2.05, 4.69) is 9.97 Å². The molecule has 0 radical (unpaired) electrons. The summed E-state index contributed by atoms with van der Waals surface area (Å²) in [4.78, 5) is 22.8. The first-order valence-electron chi connectivity index (χ1n) is 5.77. The van der Waals surface area contributed by atoms with Crippen LogP contribution >= 0.6 is 11.3 Å². The first-order chi connectivity index (χ1) is 9.11. The molecule has 5 nitrogen and oxygen atoms in total. The lowest BCUT2D eigenvalue weighted by Crippen LogP contribution is -2.16. The Bertz CT molecular complexity index is 569. The highest BCUT2D eigenvalue weighted by molar-refractivity contribution is 7.15. The van der Waals surface area contributed by atoms with Crippen LogP contribution in [0, 0.1) is 6.92 Å². The van der Waals surface area contributed by atoms with Crippen molar-refractivity contribution < 1.29 is 9.53 Å². The summed E-state index contributed by atoms with van der Waals surface area (Å²) in [5, 5.41) is 0.793. The van der Waals surface area contributed by atoms with Crippen LogP contribution in [-0.2, 0) is 11.3 Å². The molecule has 2 aromatic rings. The highest BCUT2D eigenvalue weighted by atomic mass is 32.1. The molecule has 6 heteroatoms. The van der Waals surface area contributed by atoms with Crippen LogP contribution < -0.4 is 4.90 Å². The minimum atomic E-state index is -0.394. The summed E-state index contributed by atoms with van der Waals surface area (Å²) in [6, 6.07) is 3.90. The average molecular weight is 277 g/mol. The molecule has 0 bridgehead atoms. The monoisotopic (exact) mass is 277 g/mol. The van der Waals surface area contributed by atoms with Gasteiger partial charge in [0.25, 0.3) is 0 Å². The van der Waals surface area contributed by atoms with E-state index in [4.69, 9.17) is 4.74 Å². The molecular weight excluding hydrogens is 262 g/mol. The Kier molecular flexibility index (Phi) is 4.11. The number of hydrogen-bond donors (Lipinski definition) is 0. The van der Waals surface area contributed by atoms with Crippen molar-refractivity contribution in [3.8, 4) is 0 Å². The van der Waals surface area contributed by atoms with E-state index in [9.17, 15) is 4.79 Å². The minimum Gasteiger partial charge on any atom is -0.464 e. The first kappa shape index (κ1) is 13.5. The molecule has 100 valence electrons. The van der Waals surface area contributed by atoms with E-state index >= 15 is 0 Å². The fourth-order valence-electron chi connectivity index (χ4n) is 1.66. The molecule has 2 rings (SSSR count). The van der Waals surface area contributed by atoms with Crippen LogP contribution in [-0.4, -0.2) is 30.1 Å². The van der Waals surface area contributed by atoms with Gasteiger partial charge in [-0.05, 0) is 18.6 Å². The van der Waals surface area contributed by atoms with Crippen molar-refractivity contribution in [1.29, 1.82) is 0 Å². The number of aromatic nitrogens is 2. The lowest BCUT2D eigenvalue weighted by molar-refractivity contribution is 0.0594. The van der Waals surface area contributed by atoms with Gasteiger partial charge in [-0.2, -0.15) is 0 Å². The second kappa shape index (κ2) is 5.79. The molecule has 2 heterocycles. The molecule has 0 aliphatic carbocycles. The van der Waals surface area contributed by atoms with Gasteiger partial charge in [0.05, 0.1) is 7.11 Å². The Hall–Kier alpha value is -1.95. The Morgan fingerprint density at radius 1 is 1.53 bits per heavy atom. The molecule has 0 atom stereocenters. The van der Waals surface area contributed by atoms with E-state index in [0.29, 0.717) is 12.2 Å². The third-order valence-electron chi connectivity index (χ3n) is 2.63. The number of methoxy groups -OCH3 is 1. The molecule has 0 amide bonds. The number of nitrogens with zero attached hydrogens (tertiary/aromatic N) is 3. The second-order valence-electron chi connectivity index (χ2n) is 4.11. The maximum atomic E-state index is 11.5. The summed E-state index contributed by atoms with van der Waals surface area (Å²) in [6.45, 7) is 2.56. The number of carbonyl (C=O) groups is 1. The summed E-state index contributed by atoms with van der Waals surface area (Å²) in [7, 11) is 3.30. The van der Waals surface area contributed by atoms with Crippen molar-refractivity contribution in [3.05, 3.63) is 40.7 Å². The second-order valence-corrected chi connectivity index (χ2v) is 5.29. The molecule has 0 spiro atoms. The van der Waals surface area contributed by atoms with Crippen molar-refractivity contribution in [1.82, 2.24) is 9.97 Å². The molecule has 19 heavy (non-hydrogen) atoms. The summed E-state index contributed by atoms with van der Waals surface area (Å²) in [6.07, 6.45) is 3.56. The van der Waals surface area contributed by atoms with Gasteiger partial charge in [-0.25, -0.2) is 9.78 Å². The number of ether oxygens (including phenoxy) is 1. The van der Waals surface area contributed by atoms with Crippen molar-refractivity contribution in [2.45, 2.75) is 13.5 Å². The van der Waals surface area contributed by atoms with Gasteiger partial charge in [0.2, 0.25) is 0 Å². The fraction of sp³-hybridized carbons (Fsp3) is 0.308. The van der Waals surface area contributed by atoms with Crippen LogP contribution in [0.1, 0.15) is 20.9 Å². The molecule has 0 N–H and O–H groups in total. The van der Waals surface area contributed by atoms with Gasteiger partial charge in [0.1, 0.15) is 0 Å². The van der Waals surface area contributed by atoms with Crippen LogP contribution in [0.5, 0.6) is 0 Å². The van der Waals surface area contributed by atoms with Gasteiger partial charge in [-0.3, -0.25) is 4.98 Å². The lowest BCUT2D eigenvalue weighted by atomic mass is 10.3. The van der Waals surface area contributed by atoms with E-state index in [0.717, 1.165) is 15.6 Å². The number of rotatable bonds is 4. The third kappa shape index (κ3) is 3.08. The van der Waals surface area contributed by atoms with Crippen LogP contribution in [0.3, 0.4) is 0 Å². The molecule has 2 aromatic heterocycles. The van der Waals surface area contributed by atoms with Crippen LogP contribution in [0.15, 0.2) is 24.5 Å². The van der Waals surface area contributed by atoms with Gasteiger partial charge in [-0.1, -0.05) is 6.07 Å². The molecule has 0 fully saturated rings. The van der Waals surface area contributed by atoms with Gasteiger partial charge >= 0.3 is 5.97 Å². The normalized spacial score (nSPS) is 10.3. The third-order valence-corrected chi connectivity index (χ3v) is 3.72. The minimum absolute atomic E-state index is 0.389. The zero-order valence-electron chi connectivity index (χ0n) is 11.1. The lowest BCUT2D eigenvalue weighted by Gasteiger charge is -2.15. The summed E-state index contributed by atoms with van der Waals surface area (Å²) in [5.41, 5.74) is 1.48. The number of esters is 1. The van der Waals surface area contributed by atoms with Crippen molar-refractivity contribution in [3.63, 3.8) is 0 Å². The Labute approximate surface area is 115 Å². The van der Waals surface area contributed by atoms with Crippen molar-refractivity contribution in [2.24, 2.45) is 0 Å². The van der Waals surface area contributed by atoms with Crippen LogP contribution in [0.2, 0.25) is 0 Å². The maximum Gasteiger partial charge on any atom is 0.357 e. The van der Waals surface area contributed by atoms with Gasteiger partial charge < -0.3 is 9.64 Å². The summed E-state index contributed by atoms with van der Waals surface area (Å²) in [5.74, 6) is -0.394.